The molecule has 0 N–H and O–H groups in total. The maximum atomic E-state index is 13.3. The molecule has 0 atom stereocenters. The highest BCUT2D eigenvalue weighted by Crippen LogP contribution is 2.32. The lowest BCUT2D eigenvalue weighted by Gasteiger charge is -2.27. The predicted octanol–water partition coefficient (Wildman–Crippen LogP) is 3.53. The molecule has 9 heteroatoms. The SMILES string of the molecule is CCOc1ccc(C#N)c(Cl)c1C(=O)N1CCc2nn(-c3ccc(F)cn3)cc2C1. The highest BCUT2D eigenvalue weighted by molar-refractivity contribution is 6.35. The van der Waals surface area contributed by atoms with Crippen molar-refractivity contribution < 1.29 is 13.9 Å². The zero-order chi connectivity index (χ0) is 21.3. The molecule has 0 unspecified atom stereocenters. The minimum atomic E-state index is -0.422. The molecule has 1 aliphatic rings. The molecule has 0 fully saturated rings. The molecule has 30 heavy (non-hydrogen) atoms. The Balaban J connectivity index is 1.63. The Labute approximate surface area is 177 Å². The summed E-state index contributed by atoms with van der Waals surface area (Å²) in [4.78, 5) is 19.0. The molecular weight excluding hydrogens is 409 g/mol. The third-order valence-electron chi connectivity index (χ3n) is 4.83. The first-order chi connectivity index (χ1) is 14.5. The maximum absolute atomic E-state index is 13.3. The van der Waals surface area contributed by atoms with Gasteiger partial charge in [-0.2, -0.15) is 10.4 Å². The van der Waals surface area contributed by atoms with Crippen molar-refractivity contribution in [3.05, 3.63) is 69.9 Å². The van der Waals surface area contributed by atoms with Crippen LogP contribution in [0.3, 0.4) is 0 Å². The zero-order valence-electron chi connectivity index (χ0n) is 16.1. The van der Waals surface area contributed by atoms with Crippen LogP contribution in [0.2, 0.25) is 5.02 Å². The minimum absolute atomic E-state index is 0.0884. The van der Waals surface area contributed by atoms with Crippen LogP contribution in [0.4, 0.5) is 4.39 Å². The Kier molecular flexibility index (Phi) is 5.38. The number of nitrogens with zero attached hydrogens (tertiary/aromatic N) is 5. The summed E-state index contributed by atoms with van der Waals surface area (Å²) < 4.78 is 20.3. The quantitative estimate of drug-likeness (QED) is 0.638. The molecule has 0 radical (unpaired) electrons. The normalized spacial score (nSPS) is 12.9. The van der Waals surface area contributed by atoms with E-state index >= 15 is 0 Å². The lowest BCUT2D eigenvalue weighted by atomic mass is 10.0. The van der Waals surface area contributed by atoms with Crippen molar-refractivity contribution in [3.8, 4) is 17.6 Å². The monoisotopic (exact) mass is 425 g/mol. The molecular formula is C21H17ClFN5O2. The molecule has 4 rings (SSSR count). The summed E-state index contributed by atoms with van der Waals surface area (Å²) in [6, 6.07) is 7.99. The molecule has 7 nitrogen and oxygen atoms in total. The average Bonchev–Trinajstić information content (AvgIpc) is 3.17. The van der Waals surface area contributed by atoms with Crippen LogP contribution in [0.15, 0.2) is 36.7 Å². The number of hydrogen-bond acceptors (Lipinski definition) is 5. The first-order valence-corrected chi connectivity index (χ1v) is 9.73. The van der Waals surface area contributed by atoms with E-state index in [0.29, 0.717) is 37.7 Å². The van der Waals surface area contributed by atoms with Gasteiger partial charge in [0.15, 0.2) is 5.82 Å². The van der Waals surface area contributed by atoms with E-state index in [1.165, 1.54) is 18.2 Å². The Hall–Kier alpha value is -3.44. The summed E-state index contributed by atoms with van der Waals surface area (Å²) in [5.41, 5.74) is 2.13. The second kappa shape index (κ2) is 8.13. The number of amides is 1. The third kappa shape index (κ3) is 3.60. The van der Waals surface area contributed by atoms with Gasteiger partial charge in [-0.05, 0) is 31.2 Å². The fourth-order valence-electron chi connectivity index (χ4n) is 3.39. The molecule has 1 aliphatic heterocycles. The number of fused-ring (bicyclic) bond motifs is 1. The summed E-state index contributed by atoms with van der Waals surface area (Å²) in [5.74, 6) is 0.114. The zero-order valence-corrected chi connectivity index (χ0v) is 16.9. The number of benzene rings is 1. The highest BCUT2D eigenvalue weighted by atomic mass is 35.5. The van der Waals surface area contributed by atoms with Crippen molar-refractivity contribution >= 4 is 17.5 Å². The van der Waals surface area contributed by atoms with Crippen LogP contribution >= 0.6 is 11.6 Å². The summed E-state index contributed by atoms with van der Waals surface area (Å²) >= 11 is 6.36. The topological polar surface area (TPSA) is 84.0 Å². The smallest absolute Gasteiger partial charge is 0.259 e. The molecule has 0 saturated carbocycles. The molecule has 152 valence electrons. The average molecular weight is 426 g/mol. The fraction of sp³-hybridized carbons (Fsp3) is 0.238. The van der Waals surface area contributed by atoms with E-state index in [9.17, 15) is 14.4 Å². The molecule has 0 bridgehead atoms. The van der Waals surface area contributed by atoms with Crippen LogP contribution in [0.1, 0.15) is 34.1 Å². The van der Waals surface area contributed by atoms with Gasteiger partial charge in [-0.3, -0.25) is 4.79 Å². The second-order valence-electron chi connectivity index (χ2n) is 6.70. The van der Waals surface area contributed by atoms with Crippen LogP contribution in [0.25, 0.3) is 5.82 Å². The number of nitriles is 1. The van der Waals surface area contributed by atoms with Gasteiger partial charge in [-0.25, -0.2) is 14.1 Å². The van der Waals surface area contributed by atoms with E-state index < -0.39 is 5.82 Å². The standard InChI is InChI=1S/C21H17ClFN5O2/c1-2-30-17-5-3-13(9-24)20(22)19(17)21(29)27-8-7-16-14(11-27)12-28(26-16)18-6-4-15(23)10-25-18/h3-6,10,12H,2,7-8,11H2,1H3. The van der Waals surface area contributed by atoms with E-state index in [4.69, 9.17) is 16.3 Å². The molecule has 0 saturated heterocycles. The Bertz CT molecular complexity index is 1150. The van der Waals surface area contributed by atoms with Gasteiger partial charge in [0.2, 0.25) is 0 Å². The number of hydrogen-bond donors (Lipinski definition) is 0. The number of rotatable bonds is 4. The van der Waals surface area contributed by atoms with Gasteiger partial charge in [0.05, 0.1) is 29.1 Å². The minimum Gasteiger partial charge on any atom is -0.493 e. The summed E-state index contributed by atoms with van der Waals surface area (Å²) in [7, 11) is 0. The Morgan fingerprint density at radius 3 is 2.90 bits per heavy atom. The van der Waals surface area contributed by atoms with E-state index in [0.717, 1.165) is 17.5 Å². The number of ether oxygens (including phenoxy) is 1. The molecule has 0 spiro atoms. The van der Waals surface area contributed by atoms with Gasteiger partial charge in [0.1, 0.15) is 23.2 Å². The van der Waals surface area contributed by atoms with E-state index in [2.05, 4.69) is 10.1 Å². The van der Waals surface area contributed by atoms with Gasteiger partial charge in [-0.15, -0.1) is 0 Å². The number of halogens is 2. The third-order valence-corrected chi connectivity index (χ3v) is 5.22. The lowest BCUT2D eigenvalue weighted by molar-refractivity contribution is 0.0730. The summed E-state index contributed by atoms with van der Waals surface area (Å²) in [6.45, 7) is 2.95. The van der Waals surface area contributed by atoms with Crippen LogP contribution in [-0.4, -0.2) is 38.7 Å². The second-order valence-corrected chi connectivity index (χ2v) is 7.08. The predicted molar refractivity (Wildman–Crippen MR) is 107 cm³/mol. The number of aromatic nitrogens is 3. The van der Waals surface area contributed by atoms with Crippen molar-refractivity contribution in [2.24, 2.45) is 0 Å². The van der Waals surface area contributed by atoms with Crippen molar-refractivity contribution in [1.82, 2.24) is 19.7 Å². The van der Waals surface area contributed by atoms with Gasteiger partial charge in [0.25, 0.3) is 5.91 Å². The molecule has 2 aromatic heterocycles. The number of pyridine rings is 1. The summed E-state index contributed by atoms with van der Waals surface area (Å²) in [6.07, 6.45) is 3.46. The number of carbonyl (C=O) groups is 1. The van der Waals surface area contributed by atoms with Crippen molar-refractivity contribution in [2.75, 3.05) is 13.2 Å². The fourth-order valence-corrected chi connectivity index (χ4v) is 3.66. The van der Waals surface area contributed by atoms with Gasteiger partial charge >= 0.3 is 0 Å². The van der Waals surface area contributed by atoms with Crippen LogP contribution in [0, 0.1) is 17.1 Å². The van der Waals surface area contributed by atoms with Crippen LogP contribution in [0.5, 0.6) is 5.75 Å². The van der Waals surface area contributed by atoms with Crippen LogP contribution in [-0.2, 0) is 13.0 Å². The van der Waals surface area contributed by atoms with E-state index in [-0.39, 0.29) is 22.1 Å². The Morgan fingerprint density at radius 2 is 2.20 bits per heavy atom. The van der Waals surface area contributed by atoms with Crippen molar-refractivity contribution in [3.63, 3.8) is 0 Å². The van der Waals surface area contributed by atoms with Crippen LogP contribution < -0.4 is 4.74 Å². The lowest BCUT2D eigenvalue weighted by Crippen LogP contribution is -2.36. The first-order valence-electron chi connectivity index (χ1n) is 9.35. The first kappa shape index (κ1) is 19.9. The molecule has 1 aromatic carbocycles. The highest BCUT2D eigenvalue weighted by Gasteiger charge is 2.29. The largest absolute Gasteiger partial charge is 0.493 e. The maximum Gasteiger partial charge on any atom is 0.259 e. The van der Waals surface area contributed by atoms with Crippen molar-refractivity contribution in [2.45, 2.75) is 19.9 Å². The molecule has 3 aromatic rings. The van der Waals surface area contributed by atoms with Gasteiger partial charge in [-0.1, -0.05) is 11.6 Å². The van der Waals surface area contributed by atoms with E-state index in [1.807, 2.05) is 13.0 Å². The van der Waals surface area contributed by atoms with E-state index in [1.54, 1.807) is 21.8 Å². The van der Waals surface area contributed by atoms with Gasteiger partial charge in [0, 0.05) is 31.3 Å². The summed E-state index contributed by atoms with van der Waals surface area (Å²) in [5, 5.41) is 13.9. The molecule has 1 amide bonds. The molecule has 3 heterocycles. The van der Waals surface area contributed by atoms with Crippen molar-refractivity contribution in [1.29, 1.82) is 5.26 Å². The Morgan fingerprint density at radius 1 is 1.37 bits per heavy atom. The van der Waals surface area contributed by atoms with Gasteiger partial charge < -0.3 is 9.64 Å². The number of carbonyl (C=O) groups excluding carboxylic acids is 1. The molecule has 0 aliphatic carbocycles.